The van der Waals surface area contributed by atoms with Crippen LogP contribution in [0, 0.1) is 0 Å². The molecule has 0 radical (unpaired) electrons. The average Bonchev–Trinajstić information content (AvgIpc) is 3.48. The van der Waals surface area contributed by atoms with Crippen LogP contribution in [0.4, 0.5) is 5.95 Å². The van der Waals surface area contributed by atoms with Gasteiger partial charge in [-0.05, 0) is 36.0 Å². The molecule has 0 atom stereocenters. The summed E-state index contributed by atoms with van der Waals surface area (Å²) in [6.45, 7) is 9.04. The Hall–Kier alpha value is -2.54. The van der Waals surface area contributed by atoms with Crippen molar-refractivity contribution in [3.05, 3.63) is 59.5 Å². The molecule has 0 aliphatic carbocycles. The maximum atomic E-state index is 12.8. The summed E-state index contributed by atoms with van der Waals surface area (Å²) in [6.07, 6.45) is 4.01. The number of nitrogens with zero attached hydrogens (tertiary/aromatic N) is 4. The third-order valence-corrected chi connectivity index (χ3v) is 6.35. The standard InChI is InChI=1S/C23H28N4O2S/c1-23(2,3)18-10-8-17(9-11-18)20(28)16-30-22-25-24-21(26-12-4-5-13-26)27(22)15-19-7-6-14-29-19/h6-11,14H,4-5,12-13,15-16H2,1-3H3. The van der Waals surface area contributed by atoms with Gasteiger partial charge in [-0.2, -0.15) is 0 Å². The monoisotopic (exact) mass is 424 g/mol. The molecule has 1 saturated heterocycles. The Morgan fingerprint density at radius 3 is 2.47 bits per heavy atom. The lowest BCUT2D eigenvalue weighted by Crippen LogP contribution is -2.22. The molecule has 1 fully saturated rings. The van der Waals surface area contributed by atoms with Crippen molar-refractivity contribution in [2.45, 2.75) is 50.7 Å². The Kier molecular flexibility index (Phi) is 5.99. The van der Waals surface area contributed by atoms with E-state index >= 15 is 0 Å². The summed E-state index contributed by atoms with van der Waals surface area (Å²) in [5.41, 5.74) is 2.03. The van der Waals surface area contributed by atoms with Crippen molar-refractivity contribution in [3.8, 4) is 0 Å². The number of ketones is 1. The smallest absolute Gasteiger partial charge is 0.228 e. The zero-order chi connectivity index (χ0) is 21.1. The van der Waals surface area contributed by atoms with Crippen LogP contribution in [-0.4, -0.2) is 39.4 Å². The Morgan fingerprint density at radius 2 is 1.83 bits per heavy atom. The molecule has 0 amide bonds. The third-order valence-electron chi connectivity index (χ3n) is 5.39. The van der Waals surface area contributed by atoms with Gasteiger partial charge in [0, 0.05) is 18.7 Å². The van der Waals surface area contributed by atoms with Crippen molar-refractivity contribution in [1.29, 1.82) is 0 Å². The van der Waals surface area contributed by atoms with E-state index in [0.717, 1.165) is 35.5 Å². The molecule has 0 saturated carbocycles. The third kappa shape index (κ3) is 4.61. The number of furan rings is 1. The van der Waals surface area contributed by atoms with Crippen LogP contribution in [0.2, 0.25) is 0 Å². The lowest BCUT2D eigenvalue weighted by atomic mass is 9.86. The highest BCUT2D eigenvalue weighted by atomic mass is 32.2. The van der Waals surface area contributed by atoms with Gasteiger partial charge in [-0.1, -0.05) is 56.8 Å². The van der Waals surface area contributed by atoms with E-state index in [9.17, 15) is 4.79 Å². The van der Waals surface area contributed by atoms with Crippen LogP contribution in [0.5, 0.6) is 0 Å². The number of carbonyl (C=O) groups excluding carboxylic acids is 1. The fourth-order valence-corrected chi connectivity index (χ4v) is 4.43. The van der Waals surface area contributed by atoms with E-state index in [1.165, 1.54) is 30.2 Å². The van der Waals surface area contributed by atoms with Gasteiger partial charge in [-0.25, -0.2) is 0 Å². The zero-order valence-corrected chi connectivity index (χ0v) is 18.6. The Balaban J connectivity index is 1.49. The Bertz CT molecular complexity index is 981. The molecular formula is C23H28N4O2S. The topological polar surface area (TPSA) is 64.2 Å². The number of hydrogen-bond acceptors (Lipinski definition) is 6. The van der Waals surface area contributed by atoms with Crippen molar-refractivity contribution < 1.29 is 9.21 Å². The highest BCUT2D eigenvalue weighted by Crippen LogP contribution is 2.27. The molecule has 1 aromatic carbocycles. The number of carbonyl (C=O) groups is 1. The van der Waals surface area contributed by atoms with Gasteiger partial charge in [0.15, 0.2) is 10.9 Å². The second-order valence-electron chi connectivity index (χ2n) is 8.68. The summed E-state index contributed by atoms with van der Waals surface area (Å²) in [5, 5.41) is 9.57. The molecule has 2 aromatic heterocycles. The number of hydrogen-bond donors (Lipinski definition) is 0. The van der Waals surface area contributed by atoms with Gasteiger partial charge < -0.3 is 9.32 Å². The van der Waals surface area contributed by atoms with Gasteiger partial charge in [-0.3, -0.25) is 9.36 Å². The molecule has 6 nitrogen and oxygen atoms in total. The fraction of sp³-hybridized carbons (Fsp3) is 0.435. The second-order valence-corrected chi connectivity index (χ2v) is 9.62. The summed E-state index contributed by atoms with van der Waals surface area (Å²) in [5.74, 6) is 2.12. The van der Waals surface area contributed by atoms with Crippen LogP contribution in [-0.2, 0) is 12.0 Å². The maximum Gasteiger partial charge on any atom is 0.228 e. The van der Waals surface area contributed by atoms with Crippen LogP contribution < -0.4 is 4.90 Å². The lowest BCUT2D eigenvalue weighted by molar-refractivity contribution is 0.102. The van der Waals surface area contributed by atoms with Crippen molar-refractivity contribution in [3.63, 3.8) is 0 Å². The maximum absolute atomic E-state index is 12.8. The van der Waals surface area contributed by atoms with Gasteiger partial charge in [0.05, 0.1) is 18.6 Å². The van der Waals surface area contributed by atoms with Crippen molar-refractivity contribution in [2.75, 3.05) is 23.7 Å². The van der Waals surface area contributed by atoms with Crippen molar-refractivity contribution in [2.24, 2.45) is 0 Å². The van der Waals surface area contributed by atoms with Crippen molar-refractivity contribution in [1.82, 2.24) is 14.8 Å². The van der Waals surface area contributed by atoms with E-state index in [2.05, 4.69) is 40.4 Å². The largest absolute Gasteiger partial charge is 0.467 e. The number of thioether (sulfide) groups is 1. The number of anilines is 1. The SMILES string of the molecule is CC(C)(C)c1ccc(C(=O)CSc2nnc(N3CCCC3)n2Cc2ccco2)cc1. The minimum absolute atomic E-state index is 0.0740. The highest BCUT2D eigenvalue weighted by Gasteiger charge is 2.23. The molecule has 158 valence electrons. The Morgan fingerprint density at radius 1 is 1.10 bits per heavy atom. The molecule has 1 aliphatic rings. The molecule has 0 spiro atoms. The van der Waals surface area contributed by atoms with E-state index in [-0.39, 0.29) is 11.2 Å². The molecule has 7 heteroatoms. The predicted octanol–water partition coefficient (Wildman–Crippen LogP) is 4.79. The van der Waals surface area contributed by atoms with Crippen LogP contribution in [0.1, 0.15) is 55.3 Å². The van der Waals surface area contributed by atoms with Gasteiger partial charge in [0.25, 0.3) is 0 Å². The minimum atomic E-state index is 0.0740. The van der Waals surface area contributed by atoms with Crippen molar-refractivity contribution >= 4 is 23.5 Å². The number of rotatable bonds is 7. The second kappa shape index (κ2) is 8.68. The first-order chi connectivity index (χ1) is 14.4. The van der Waals surface area contributed by atoms with Crippen LogP contribution in [0.3, 0.4) is 0 Å². The molecule has 0 N–H and O–H groups in total. The first-order valence-corrected chi connectivity index (χ1v) is 11.4. The van der Waals surface area contributed by atoms with Gasteiger partial charge in [0.2, 0.25) is 5.95 Å². The fourth-order valence-electron chi connectivity index (χ4n) is 3.61. The van der Waals surface area contributed by atoms with Gasteiger partial charge in [-0.15, -0.1) is 10.2 Å². The summed E-state index contributed by atoms with van der Waals surface area (Å²) in [4.78, 5) is 15.0. The molecule has 0 unspecified atom stereocenters. The quantitative estimate of drug-likeness (QED) is 0.401. The van der Waals surface area contributed by atoms with E-state index < -0.39 is 0 Å². The number of benzene rings is 1. The van der Waals surface area contributed by atoms with E-state index in [1.54, 1.807) is 6.26 Å². The molecule has 3 heterocycles. The molecule has 0 bridgehead atoms. The molecule has 3 aromatic rings. The first kappa shape index (κ1) is 20.7. The lowest BCUT2D eigenvalue weighted by Gasteiger charge is -2.19. The summed E-state index contributed by atoms with van der Waals surface area (Å²) in [7, 11) is 0. The van der Waals surface area contributed by atoms with Crippen LogP contribution in [0.15, 0.2) is 52.2 Å². The zero-order valence-electron chi connectivity index (χ0n) is 17.8. The van der Waals surface area contributed by atoms with Gasteiger partial charge in [0.1, 0.15) is 5.76 Å². The van der Waals surface area contributed by atoms with E-state index in [4.69, 9.17) is 4.42 Å². The summed E-state index contributed by atoms with van der Waals surface area (Å²) < 4.78 is 7.60. The molecular weight excluding hydrogens is 396 g/mol. The van der Waals surface area contributed by atoms with Gasteiger partial charge >= 0.3 is 0 Å². The normalized spacial score (nSPS) is 14.4. The molecule has 4 rings (SSSR count). The molecule has 30 heavy (non-hydrogen) atoms. The minimum Gasteiger partial charge on any atom is -0.467 e. The summed E-state index contributed by atoms with van der Waals surface area (Å²) in [6, 6.07) is 11.8. The van der Waals surface area contributed by atoms with E-state index in [1.807, 2.05) is 36.4 Å². The number of aromatic nitrogens is 3. The first-order valence-electron chi connectivity index (χ1n) is 10.4. The van der Waals surface area contributed by atoms with Crippen LogP contribution in [0.25, 0.3) is 0 Å². The Labute approximate surface area is 181 Å². The molecule has 1 aliphatic heterocycles. The predicted molar refractivity (Wildman–Crippen MR) is 119 cm³/mol. The number of Topliss-reactive ketones (excluding diaryl/α,β-unsaturated/α-hetero) is 1. The average molecular weight is 425 g/mol. The van der Waals surface area contributed by atoms with E-state index in [0.29, 0.717) is 12.3 Å². The highest BCUT2D eigenvalue weighted by molar-refractivity contribution is 7.99. The van der Waals surface area contributed by atoms with Crippen LogP contribution >= 0.6 is 11.8 Å². The summed E-state index contributed by atoms with van der Waals surface area (Å²) >= 11 is 1.43.